The quantitative estimate of drug-likeness (QED) is 0.843. The third-order valence-electron chi connectivity index (χ3n) is 3.18. The summed E-state index contributed by atoms with van der Waals surface area (Å²) >= 11 is 3.14. The van der Waals surface area contributed by atoms with E-state index in [4.69, 9.17) is 5.73 Å². The van der Waals surface area contributed by atoms with E-state index in [1.165, 1.54) is 0 Å². The normalized spacial score (nSPS) is 17.5. The second kappa shape index (κ2) is 5.53. The van der Waals surface area contributed by atoms with Gasteiger partial charge in [-0.15, -0.1) is 16.4 Å². The number of hydrogen-bond donors (Lipinski definition) is 2. The van der Waals surface area contributed by atoms with E-state index in [1.54, 1.807) is 27.8 Å². The van der Waals surface area contributed by atoms with Crippen molar-refractivity contribution >= 4 is 35.0 Å². The second-order valence-electron chi connectivity index (χ2n) is 4.54. The van der Waals surface area contributed by atoms with Crippen molar-refractivity contribution in [1.29, 1.82) is 0 Å². The van der Waals surface area contributed by atoms with Crippen LogP contribution in [0.25, 0.3) is 0 Å². The number of rotatable bonds is 4. The van der Waals surface area contributed by atoms with Crippen LogP contribution in [-0.4, -0.2) is 26.4 Å². The van der Waals surface area contributed by atoms with E-state index in [1.807, 2.05) is 31.4 Å². The number of nitrogens with two attached hydrogens (primary N) is 1. The van der Waals surface area contributed by atoms with Gasteiger partial charge < -0.3 is 11.1 Å². The van der Waals surface area contributed by atoms with Gasteiger partial charge in [0.2, 0.25) is 17.0 Å². The third kappa shape index (κ3) is 2.44. The van der Waals surface area contributed by atoms with Gasteiger partial charge >= 0.3 is 0 Å². The van der Waals surface area contributed by atoms with Gasteiger partial charge in [-0.3, -0.25) is 4.79 Å². The van der Waals surface area contributed by atoms with Gasteiger partial charge in [0, 0.05) is 10.6 Å². The van der Waals surface area contributed by atoms with Crippen LogP contribution in [0.1, 0.15) is 24.8 Å². The molecular formula is C13H15N5OS2. The molecule has 1 amide bonds. The first-order valence-electron chi connectivity index (χ1n) is 6.52. The van der Waals surface area contributed by atoms with Crippen molar-refractivity contribution in [3.8, 4) is 0 Å². The fourth-order valence-corrected chi connectivity index (χ4v) is 3.72. The largest absolute Gasteiger partial charge is 0.366 e. The van der Waals surface area contributed by atoms with Gasteiger partial charge in [0.1, 0.15) is 6.04 Å². The molecule has 0 fully saturated rings. The third-order valence-corrected chi connectivity index (χ3v) is 4.83. The van der Waals surface area contributed by atoms with Crippen molar-refractivity contribution < 1.29 is 4.79 Å². The highest BCUT2D eigenvalue weighted by atomic mass is 32.2. The van der Waals surface area contributed by atoms with E-state index in [-0.39, 0.29) is 6.04 Å². The van der Waals surface area contributed by atoms with Crippen molar-refractivity contribution in [3.63, 3.8) is 0 Å². The molecule has 1 aliphatic rings. The Kier molecular flexibility index (Phi) is 3.73. The number of aromatic nitrogens is 3. The molecule has 0 saturated carbocycles. The molecule has 0 spiro atoms. The number of carbonyl (C=O) groups is 1. The Hall–Kier alpha value is -1.80. The molecule has 0 saturated heterocycles. The molecule has 2 aromatic rings. The number of allylic oxidation sites excluding steroid dienone is 1. The van der Waals surface area contributed by atoms with Gasteiger partial charge in [0.15, 0.2) is 0 Å². The van der Waals surface area contributed by atoms with Crippen LogP contribution in [0, 0.1) is 0 Å². The average molecular weight is 321 g/mol. The summed E-state index contributed by atoms with van der Waals surface area (Å²) in [7, 11) is 0. The minimum Gasteiger partial charge on any atom is -0.366 e. The minimum atomic E-state index is -0.441. The van der Waals surface area contributed by atoms with Crippen molar-refractivity contribution in [2.45, 2.75) is 25.0 Å². The highest BCUT2D eigenvalue weighted by Crippen LogP contribution is 2.37. The fourth-order valence-electron chi connectivity index (χ4n) is 2.35. The Morgan fingerprint density at radius 1 is 1.62 bits per heavy atom. The number of thiophene rings is 1. The summed E-state index contributed by atoms with van der Waals surface area (Å²) in [6, 6.07) is 3.63. The molecule has 1 aliphatic heterocycles. The maximum atomic E-state index is 11.9. The fraction of sp³-hybridized carbons (Fsp3) is 0.308. The zero-order valence-corrected chi connectivity index (χ0v) is 13.3. The summed E-state index contributed by atoms with van der Waals surface area (Å²) in [5.41, 5.74) is 6.84. The number of thioether (sulfide) groups is 1. The van der Waals surface area contributed by atoms with Crippen LogP contribution in [-0.2, 0) is 4.79 Å². The van der Waals surface area contributed by atoms with Crippen LogP contribution < -0.4 is 11.1 Å². The van der Waals surface area contributed by atoms with Crippen LogP contribution >= 0.6 is 23.1 Å². The molecule has 110 valence electrons. The predicted octanol–water partition coefficient (Wildman–Crippen LogP) is 2.23. The van der Waals surface area contributed by atoms with Crippen LogP contribution in [0.5, 0.6) is 0 Å². The molecule has 6 nitrogen and oxygen atoms in total. The van der Waals surface area contributed by atoms with Gasteiger partial charge in [-0.2, -0.15) is 4.98 Å². The lowest BCUT2D eigenvalue weighted by Gasteiger charge is -2.26. The first-order chi connectivity index (χ1) is 10.1. The van der Waals surface area contributed by atoms with E-state index in [9.17, 15) is 4.79 Å². The van der Waals surface area contributed by atoms with Crippen LogP contribution in [0.15, 0.2) is 33.9 Å². The van der Waals surface area contributed by atoms with Gasteiger partial charge in [0.25, 0.3) is 0 Å². The van der Waals surface area contributed by atoms with Crippen molar-refractivity contribution in [3.05, 3.63) is 33.7 Å². The van der Waals surface area contributed by atoms with E-state index in [0.717, 1.165) is 16.3 Å². The zero-order chi connectivity index (χ0) is 15.0. The molecule has 3 rings (SSSR count). The minimum absolute atomic E-state index is 0.308. The number of fused-ring (bicyclic) bond motifs is 1. The number of carbonyl (C=O) groups excluding carboxylic acids is 1. The molecule has 1 atom stereocenters. The molecule has 21 heavy (non-hydrogen) atoms. The van der Waals surface area contributed by atoms with Crippen molar-refractivity contribution in [2.75, 3.05) is 11.1 Å². The SMILES string of the molecule is CCSc1nc2n(n1)C(c1cccs1)C(C(N)=O)=C(C)N2. The number of hydrogen-bond acceptors (Lipinski definition) is 6. The number of amides is 1. The van der Waals surface area contributed by atoms with Crippen molar-refractivity contribution in [2.24, 2.45) is 5.73 Å². The summed E-state index contributed by atoms with van der Waals surface area (Å²) in [6.07, 6.45) is 0. The monoisotopic (exact) mass is 321 g/mol. The Labute approximate surface area is 130 Å². The maximum absolute atomic E-state index is 11.9. The van der Waals surface area contributed by atoms with Gasteiger partial charge in [-0.25, -0.2) is 4.68 Å². The second-order valence-corrected chi connectivity index (χ2v) is 6.75. The molecule has 0 aromatic carbocycles. The molecule has 2 aromatic heterocycles. The van der Waals surface area contributed by atoms with Crippen LogP contribution in [0.4, 0.5) is 5.95 Å². The predicted molar refractivity (Wildman–Crippen MR) is 84.4 cm³/mol. The smallest absolute Gasteiger partial charge is 0.248 e. The Bertz CT molecular complexity index is 704. The average Bonchev–Trinajstić information content (AvgIpc) is 3.05. The summed E-state index contributed by atoms with van der Waals surface area (Å²) in [6.45, 7) is 3.89. The lowest BCUT2D eigenvalue weighted by atomic mass is 10.0. The summed E-state index contributed by atoms with van der Waals surface area (Å²) in [4.78, 5) is 17.4. The Morgan fingerprint density at radius 2 is 2.43 bits per heavy atom. The molecule has 1 unspecified atom stereocenters. The van der Waals surface area contributed by atoms with Gasteiger partial charge in [-0.1, -0.05) is 24.8 Å². The molecule has 0 radical (unpaired) electrons. The molecular weight excluding hydrogens is 306 g/mol. The maximum Gasteiger partial charge on any atom is 0.248 e. The van der Waals surface area contributed by atoms with Crippen LogP contribution in [0.2, 0.25) is 0 Å². The highest BCUT2D eigenvalue weighted by Gasteiger charge is 2.33. The Balaban J connectivity index is 2.14. The number of anilines is 1. The number of primary amides is 1. The number of nitrogens with zero attached hydrogens (tertiary/aromatic N) is 3. The van der Waals surface area contributed by atoms with Gasteiger partial charge in [0.05, 0.1) is 5.57 Å². The summed E-state index contributed by atoms with van der Waals surface area (Å²) in [5.74, 6) is 1.10. The standard InChI is InChI=1S/C13H15N5OS2/c1-3-20-13-16-12-15-7(2)9(11(14)19)10(18(12)17-13)8-5-4-6-21-8/h4-6,10H,3H2,1-2H3,(H2,14,19)(H,15,16,17). The topological polar surface area (TPSA) is 85.8 Å². The van der Waals surface area contributed by atoms with Crippen molar-refractivity contribution in [1.82, 2.24) is 14.8 Å². The first kappa shape index (κ1) is 14.2. The molecule has 0 bridgehead atoms. The first-order valence-corrected chi connectivity index (χ1v) is 8.38. The van der Waals surface area contributed by atoms with E-state index in [0.29, 0.717) is 16.7 Å². The molecule has 8 heteroatoms. The Morgan fingerprint density at radius 3 is 3.05 bits per heavy atom. The molecule has 3 heterocycles. The van der Waals surface area contributed by atoms with Gasteiger partial charge in [-0.05, 0) is 24.1 Å². The molecule has 3 N–H and O–H groups in total. The molecule has 0 aliphatic carbocycles. The summed E-state index contributed by atoms with van der Waals surface area (Å²) in [5, 5.41) is 10.3. The lowest BCUT2D eigenvalue weighted by Crippen LogP contribution is -2.31. The summed E-state index contributed by atoms with van der Waals surface area (Å²) < 4.78 is 1.75. The van der Waals surface area contributed by atoms with E-state index < -0.39 is 5.91 Å². The highest BCUT2D eigenvalue weighted by molar-refractivity contribution is 7.99. The van der Waals surface area contributed by atoms with E-state index in [2.05, 4.69) is 15.4 Å². The zero-order valence-electron chi connectivity index (χ0n) is 11.7. The lowest BCUT2D eigenvalue weighted by molar-refractivity contribution is -0.115. The van der Waals surface area contributed by atoms with E-state index >= 15 is 0 Å². The number of nitrogens with one attached hydrogen (secondary N) is 1. The van der Waals surface area contributed by atoms with Crippen LogP contribution in [0.3, 0.4) is 0 Å².